The maximum absolute atomic E-state index is 13.1. The molecule has 1 aliphatic rings. The van der Waals surface area contributed by atoms with Gasteiger partial charge in [-0.2, -0.15) is 13.2 Å². The quantitative estimate of drug-likeness (QED) is 0.548. The highest BCUT2D eigenvalue weighted by molar-refractivity contribution is 5.97. The van der Waals surface area contributed by atoms with E-state index in [1.54, 1.807) is 19.1 Å². The lowest BCUT2D eigenvalue weighted by atomic mass is 10.1. The summed E-state index contributed by atoms with van der Waals surface area (Å²) in [4.78, 5) is 25.8. The summed E-state index contributed by atoms with van der Waals surface area (Å²) in [7, 11) is 0. The minimum atomic E-state index is -4.56. The molecule has 2 heterocycles. The predicted molar refractivity (Wildman–Crippen MR) is 107 cm³/mol. The summed E-state index contributed by atoms with van der Waals surface area (Å²) in [6.45, 7) is 2.89. The van der Waals surface area contributed by atoms with Gasteiger partial charge in [-0.15, -0.1) is 0 Å². The van der Waals surface area contributed by atoms with Crippen LogP contribution in [0.25, 0.3) is 6.08 Å². The number of carbonyl (C=O) groups is 2. The first kappa shape index (κ1) is 22.4. The topological polar surface area (TPSA) is 81.0 Å². The lowest BCUT2D eigenvalue weighted by Crippen LogP contribution is -2.37. The first-order valence-electron chi connectivity index (χ1n) is 9.47. The van der Waals surface area contributed by atoms with Crippen molar-refractivity contribution in [3.05, 3.63) is 53.5 Å². The number of carbonyl (C=O) groups excluding carboxylic acids is 2. The Morgan fingerprint density at radius 3 is 2.58 bits per heavy atom. The minimum Gasteiger partial charge on any atom is -0.462 e. The van der Waals surface area contributed by atoms with Crippen LogP contribution in [-0.4, -0.2) is 44.8 Å². The van der Waals surface area contributed by atoms with E-state index in [0.717, 1.165) is 18.2 Å². The summed E-state index contributed by atoms with van der Waals surface area (Å²) in [6, 6.07) is 6.52. The first-order valence-corrected chi connectivity index (χ1v) is 9.47. The highest BCUT2D eigenvalue weighted by Gasteiger charge is 2.32. The molecule has 0 spiro atoms. The molecule has 1 fully saturated rings. The van der Waals surface area contributed by atoms with Crippen LogP contribution >= 0.6 is 0 Å². The van der Waals surface area contributed by atoms with Crippen molar-refractivity contribution in [1.29, 1.82) is 0 Å². The third-order valence-electron chi connectivity index (χ3n) is 4.44. The molecule has 2 aromatic rings. The van der Waals surface area contributed by atoms with Crippen molar-refractivity contribution >= 4 is 29.3 Å². The Hall–Kier alpha value is -3.27. The second-order valence-corrected chi connectivity index (χ2v) is 6.77. The van der Waals surface area contributed by atoms with Gasteiger partial charge in [0.2, 0.25) is 0 Å². The number of aryl methyl sites for hydroxylation is 1. The van der Waals surface area contributed by atoms with Crippen molar-refractivity contribution < 1.29 is 36.7 Å². The molecule has 0 bridgehead atoms. The standard InChI is InChI=1S/C21H21F3N2O5/c1-14-2-4-16(31-14)5-7-20(28)30-13-19(27)25-17-12-15(21(22,23)24)3-6-18(17)26-8-10-29-11-9-26/h2-7,12H,8-11,13H2,1H3,(H,25,27)/b7-5+. The third kappa shape index (κ3) is 6.35. The number of nitrogens with one attached hydrogen (secondary N) is 1. The van der Waals surface area contributed by atoms with Gasteiger partial charge in [0.25, 0.3) is 5.91 Å². The molecule has 0 aliphatic carbocycles. The fourth-order valence-electron chi connectivity index (χ4n) is 2.96. The molecule has 166 valence electrons. The summed E-state index contributed by atoms with van der Waals surface area (Å²) in [5.74, 6) is -0.436. The maximum atomic E-state index is 13.1. The van der Waals surface area contributed by atoms with Crippen molar-refractivity contribution in [3.8, 4) is 0 Å². The van der Waals surface area contributed by atoms with Crippen LogP contribution in [0.15, 0.2) is 40.8 Å². The van der Waals surface area contributed by atoms with Crippen LogP contribution in [0.4, 0.5) is 24.5 Å². The normalized spacial score (nSPS) is 14.6. The predicted octanol–water partition coefficient (Wildman–Crippen LogP) is 3.64. The number of amides is 1. The molecular weight excluding hydrogens is 417 g/mol. The molecule has 1 aromatic heterocycles. The van der Waals surface area contributed by atoms with Gasteiger partial charge in [-0.25, -0.2) is 4.79 Å². The number of hydrogen-bond acceptors (Lipinski definition) is 6. The van der Waals surface area contributed by atoms with E-state index in [-0.39, 0.29) is 5.69 Å². The highest BCUT2D eigenvalue weighted by atomic mass is 19.4. The van der Waals surface area contributed by atoms with Gasteiger partial charge in [-0.1, -0.05) is 0 Å². The molecule has 10 heteroatoms. The fraction of sp³-hybridized carbons (Fsp3) is 0.333. The Morgan fingerprint density at radius 2 is 1.94 bits per heavy atom. The van der Waals surface area contributed by atoms with E-state index in [2.05, 4.69) is 5.32 Å². The summed E-state index contributed by atoms with van der Waals surface area (Å²) in [5, 5.41) is 2.41. The Balaban J connectivity index is 1.65. The van der Waals surface area contributed by atoms with Crippen molar-refractivity contribution in [3.63, 3.8) is 0 Å². The average molecular weight is 438 g/mol. The number of hydrogen-bond donors (Lipinski definition) is 1. The number of ether oxygens (including phenoxy) is 2. The van der Waals surface area contributed by atoms with Crippen LogP contribution in [0.5, 0.6) is 0 Å². The number of esters is 1. The number of morpholine rings is 1. The SMILES string of the molecule is Cc1ccc(/C=C/C(=O)OCC(=O)Nc2cc(C(F)(F)F)ccc2N2CCOCC2)o1. The fourth-order valence-corrected chi connectivity index (χ4v) is 2.96. The lowest BCUT2D eigenvalue weighted by molar-refractivity contribution is -0.142. The van der Waals surface area contributed by atoms with Gasteiger partial charge in [0.1, 0.15) is 11.5 Å². The molecule has 7 nitrogen and oxygen atoms in total. The number of furan rings is 1. The zero-order chi connectivity index (χ0) is 22.4. The van der Waals surface area contributed by atoms with Crippen LogP contribution in [0.3, 0.4) is 0 Å². The molecule has 0 unspecified atom stereocenters. The van der Waals surface area contributed by atoms with Gasteiger partial charge in [0.15, 0.2) is 6.61 Å². The minimum absolute atomic E-state index is 0.0145. The molecule has 1 saturated heterocycles. The molecule has 0 radical (unpaired) electrons. The largest absolute Gasteiger partial charge is 0.462 e. The Kier molecular flexibility index (Phi) is 7.01. The van der Waals surface area contributed by atoms with Crippen molar-refractivity contribution in [2.45, 2.75) is 13.1 Å². The van der Waals surface area contributed by atoms with E-state index in [9.17, 15) is 22.8 Å². The van der Waals surface area contributed by atoms with Crippen LogP contribution in [0.2, 0.25) is 0 Å². The Bertz CT molecular complexity index is 962. The molecule has 1 N–H and O–H groups in total. The van der Waals surface area contributed by atoms with Crippen molar-refractivity contribution in [2.75, 3.05) is 43.1 Å². The van der Waals surface area contributed by atoms with Gasteiger partial charge < -0.3 is 24.1 Å². The maximum Gasteiger partial charge on any atom is 0.416 e. The molecule has 1 amide bonds. The molecule has 1 aliphatic heterocycles. The number of nitrogens with zero attached hydrogens (tertiary/aromatic N) is 1. The van der Waals surface area contributed by atoms with E-state index >= 15 is 0 Å². The summed E-state index contributed by atoms with van der Waals surface area (Å²) in [5.41, 5.74) is -0.475. The molecule has 0 atom stereocenters. The van der Waals surface area contributed by atoms with Gasteiger partial charge in [-0.3, -0.25) is 4.79 Å². The summed E-state index contributed by atoms with van der Waals surface area (Å²) < 4.78 is 54.8. The number of rotatable bonds is 6. The molecule has 0 saturated carbocycles. The molecule has 1 aromatic carbocycles. The molecule has 3 rings (SSSR count). The van der Waals surface area contributed by atoms with Gasteiger partial charge in [0.05, 0.1) is 30.2 Å². The van der Waals surface area contributed by atoms with E-state index in [4.69, 9.17) is 13.9 Å². The Morgan fingerprint density at radius 1 is 1.19 bits per heavy atom. The first-order chi connectivity index (χ1) is 14.7. The third-order valence-corrected chi connectivity index (χ3v) is 4.44. The zero-order valence-electron chi connectivity index (χ0n) is 16.7. The average Bonchev–Trinajstić information content (AvgIpc) is 3.16. The van der Waals surface area contributed by atoms with Crippen LogP contribution in [0.1, 0.15) is 17.1 Å². The number of anilines is 2. The van der Waals surface area contributed by atoms with Crippen molar-refractivity contribution in [2.24, 2.45) is 0 Å². The number of alkyl halides is 3. The zero-order valence-corrected chi connectivity index (χ0v) is 16.7. The van der Waals surface area contributed by atoms with Gasteiger partial charge in [0, 0.05) is 19.2 Å². The van der Waals surface area contributed by atoms with E-state index < -0.39 is 30.2 Å². The monoisotopic (exact) mass is 438 g/mol. The van der Waals surface area contributed by atoms with E-state index in [0.29, 0.717) is 43.5 Å². The highest BCUT2D eigenvalue weighted by Crippen LogP contribution is 2.35. The summed E-state index contributed by atoms with van der Waals surface area (Å²) >= 11 is 0. The molecular formula is C21H21F3N2O5. The summed E-state index contributed by atoms with van der Waals surface area (Å²) in [6.07, 6.45) is -2.09. The molecule has 31 heavy (non-hydrogen) atoms. The second-order valence-electron chi connectivity index (χ2n) is 6.77. The number of halogens is 3. The van der Waals surface area contributed by atoms with Gasteiger partial charge >= 0.3 is 12.1 Å². The lowest BCUT2D eigenvalue weighted by Gasteiger charge is -2.31. The van der Waals surface area contributed by atoms with Crippen molar-refractivity contribution in [1.82, 2.24) is 0 Å². The number of benzene rings is 1. The Labute approximate surface area is 176 Å². The van der Waals surface area contributed by atoms with E-state index in [1.807, 2.05) is 4.90 Å². The smallest absolute Gasteiger partial charge is 0.416 e. The van der Waals surface area contributed by atoms with E-state index in [1.165, 1.54) is 12.1 Å². The van der Waals surface area contributed by atoms with Crippen LogP contribution in [0, 0.1) is 6.92 Å². The second kappa shape index (κ2) is 9.69. The van der Waals surface area contributed by atoms with Gasteiger partial charge in [-0.05, 0) is 43.3 Å². The van der Waals surface area contributed by atoms with Crippen LogP contribution < -0.4 is 10.2 Å². The van der Waals surface area contributed by atoms with Crippen LogP contribution in [-0.2, 0) is 25.2 Å².